The molecule has 1 unspecified atom stereocenters. The van der Waals surface area contributed by atoms with Gasteiger partial charge in [-0.25, -0.2) is 0 Å². The van der Waals surface area contributed by atoms with Crippen molar-refractivity contribution in [2.75, 3.05) is 20.2 Å². The molecule has 4 heteroatoms. The van der Waals surface area contributed by atoms with Crippen LogP contribution in [0.4, 0.5) is 0 Å². The van der Waals surface area contributed by atoms with Crippen molar-refractivity contribution in [1.29, 1.82) is 0 Å². The Bertz CT molecular complexity index is 240. The highest BCUT2D eigenvalue weighted by atomic mass is 16.5. The van der Waals surface area contributed by atoms with Gasteiger partial charge in [-0.3, -0.25) is 9.59 Å². The summed E-state index contributed by atoms with van der Waals surface area (Å²) in [5.74, 6) is 0.251. The number of rotatable bonds is 4. The summed E-state index contributed by atoms with van der Waals surface area (Å²) in [5.41, 5.74) is 0. The summed E-state index contributed by atoms with van der Waals surface area (Å²) in [7, 11) is 1.64. The highest BCUT2D eigenvalue weighted by molar-refractivity contribution is 5.87. The second kappa shape index (κ2) is 5.85. The third-order valence-electron chi connectivity index (χ3n) is 2.77. The summed E-state index contributed by atoms with van der Waals surface area (Å²) in [6.07, 6.45) is 2.74. The normalized spacial score (nSPS) is 19.1. The summed E-state index contributed by atoms with van der Waals surface area (Å²) in [4.78, 5) is 24.5. The van der Waals surface area contributed by atoms with Crippen molar-refractivity contribution >= 4 is 11.7 Å². The highest BCUT2D eigenvalue weighted by Gasteiger charge is 2.21. The van der Waals surface area contributed by atoms with E-state index in [4.69, 9.17) is 4.74 Å². The zero-order valence-corrected chi connectivity index (χ0v) is 9.49. The molecule has 0 aromatic heterocycles. The van der Waals surface area contributed by atoms with Crippen molar-refractivity contribution < 1.29 is 14.3 Å². The fourth-order valence-corrected chi connectivity index (χ4v) is 1.65. The second-order valence-corrected chi connectivity index (χ2v) is 4.04. The molecular formula is C11H19NO3. The van der Waals surface area contributed by atoms with Crippen molar-refractivity contribution in [2.24, 2.45) is 0 Å². The smallest absolute Gasteiger partial charge is 0.223 e. The molecule has 15 heavy (non-hydrogen) atoms. The SMILES string of the molecule is COC(C)CCC(=O)N1CCCC(=O)C1. The maximum Gasteiger partial charge on any atom is 0.223 e. The molecule has 0 aliphatic carbocycles. The number of amides is 1. The number of hydrogen-bond donors (Lipinski definition) is 0. The van der Waals surface area contributed by atoms with Crippen molar-refractivity contribution in [2.45, 2.75) is 38.7 Å². The lowest BCUT2D eigenvalue weighted by Gasteiger charge is -2.26. The first-order valence-corrected chi connectivity index (χ1v) is 5.45. The van der Waals surface area contributed by atoms with Crippen LogP contribution >= 0.6 is 0 Å². The Morgan fingerprint density at radius 2 is 2.33 bits per heavy atom. The maximum atomic E-state index is 11.7. The molecule has 4 nitrogen and oxygen atoms in total. The number of ether oxygens (including phenoxy) is 1. The molecule has 0 saturated carbocycles. The van der Waals surface area contributed by atoms with Crippen LogP contribution in [0.25, 0.3) is 0 Å². The largest absolute Gasteiger partial charge is 0.382 e. The van der Waals surface area contributed by atoms with Gasteiger partial charge in [-0.1, -0.05) is 0 Å². The van der Waals surface area contributed by atoms with Crippen LogP contribution in [0.15, 0.2) is 0 Å². The molecule has 0 spiro atoms. The summed E-state index contributed by atoms with van der Waals surface area (Å²) in [6, 6.07) is 0. The van der Waals surface area contributed by atoms with Gasteiger partial charge in [0.05, 0.1) is 12.6 Å². The maximum absolute atomic E-state index is 11.7. The average molecular weight is 213 g/mol. The van der Waals surface area contributed by atoms with Crippen LogP contribution < -0.4 is 0 Å². The summed E-state index contributed by atoms with van der Waals surface area (Å²) < 4.78 is 5.07. The summed E-state index contributed by atoms with van der Waals surface area (Å²) in [5, 5.41) is 0. The predicted octanol–water partition coefficient (Wildman–Crippen LogP) is 0.993. The minimum Gasteiger partial charge on any atom is -0.382 e. The molecule has 0 aromatic carbocycles. The zero-order chi connectivity index (χ0) is 11.3. The first-order valence-electron chi connectivity index (χ1n) is 5.45. The second-order valence-electron chi connectivity index (χ2n) is 4.04. The highest BCUT2D eigenvalue weighted by Crippen LogP contribution is 2.09. The van der Waals surface area contributed by atoms with E-state index in [1.54, 1.807) is 12.0 Å². The molecule has 1 amide bonds. The van der Waals surface area contributed by atoms with Gasteiger partial charge in [0, 0.05) is 26.5 Å². The predicted molar refractivity (Wildman–Crippen MR) is 56.5 cm³/mol. The van der Waals surface area contributed by atoms with Gasteiger partial charge in [0.25, 0.3) is 0 Å². The number of nitrogens with zero attached hydrogens (tertiary/aromatic N) is 1. The Kier molecular flexibility index (Phi) is 4.75. The fraction of sp³-hybridized carbons (Fsp3) is 0.818. The van der Waals surface area contributed by atoms with E-state index in [1.807, 2.05) is 6.92 Å². The van der Waals surface area contributed by atoms with E-state index in [1.165, 1.54) is 0 Å². The standard InChI is InChI=1S/C11H19NO3/c1-9(15-2)5-6-11(14)12-7-3-4-10(13)8-12/h9H,3-8H2,1-2H3. The van der Waals surface area contributed by atoms with Gasteiger partial charge in [0.2, 0.25) is 5.91 Å². The first-order chi connectivity index (χ1) is 7.13. The number of piperidine rings is 1. The van der Waals surface area contributed by atoms with E-state index in [-0.39, 0.29) is 17.8 Å². The van der Waals surface area contributed by atoms with Crippen LogP contribution in [0.2, 0.25) is 0 Å². The summed E-state index contributed by atoms with van der Waals surface area (Å²) in [6.45, 7) is 2.97. The third-order valence-corrected chi connectivity index (χ3v) is 2.77. The van der Waals surface area contributed by atoms with Crippen molar-refractivity contribution in [1.82, 2.24) is 4.90 Å². The molecular weight excluding hydrogens is 194 g/mol. The molecule has 1 heterocycles. The van der Waals surface area contributed by atoms with Crippen molar-refractivity contribution in [3.8, 4) is 0 Å². The zero-order valence-electron chi connectivity index (χ0n) is 9.49. The van der Waals surface area contributed by atoms with Gasteiger partial charge in [0.15, 0.2) is 5.78 Å². The number of carbonyl (C=O) groups excluding carboxylic acids is 2. The summed E-state index contributed by atoms with van der Waals surface area (Å²) >= 11 is 0. The quantitative estimate of drug-likeness (QED) is 0.699. The van der Waals surface area contributed by atoms with E-state index >= 15 is 0 Å². The molecule has 1 aliphatic rings. The lowest BCUT2D eigenvalue weighted by Crippen LogP contribution is -2.40. The number of Topliss-reactive ketones (excluding diaryl/α,β-unsaturated/α-hetero) is 1. The fourth-order valence-electron chi connectivity index (χ4n) is 1.65. The molecule has 1 aliphatic heterocycles. The minimum atomic E-state index is 0.0759. The molecule has 1 fully saturated rings. The molecule has 1 saturated heterocycles. The Morgan fingerprint density at radius 1 is 1.60 bits per heavy atom. The average Bonchev–Trinajstić information content (AvgIpc) is 2.25. The minimum absolute atomic E-state index is 0.0759. The van der Waals surface area contributed by atoms with Gasteiger partial charge in [-0.15, -0.1) is 0 Å². The Hall–Kier alpha value is -0.900. The Labute approximate surface area is 90.6 Å². The third kappa shape index (κ3) is 4.00. The monoisotopic (exact) mass is 213 g/mol. The van der Waals surface area contributed by atoms with Gasteiger partial charge >= 0.3 is 0 Å². The van der Waals surface area contributed by atoms with Crippen LogP contribution in [-0.4, -0.2) is 42.9 Å². The van der Waals surface area contributed by atoms with Crippen LogP contribution in [0, 0.1) is 0 Å². The molecule has 86 valence electrons. The number of ketones is 1. The van der Waals surface area contributed by atoms with Crippen molar-refractivity contribution in [3.05, 3.63) is 0 Å². The van der Waals surface area contributed by atoms with E-state index < -0.39 is 0 Å². The Balaban J connectivity index is 2.30. The number of carbonyl (C=O) groups is 2. The number of methoxy groups -OCH3 is 1. The topological polar surface area (TPSA) is 46.6 Å². The Morgan fingerprint density at radius 3 is 2.93 bits per heavy atom. The van der Waals surface area contributed by atoms with Gasteiger partial charge < -0.3 is 9.64 Å². The van der Waals surface area contributed by atoms with E-state index in [9.17, 15) is 9.59 Å². The van der Waals surface area contributed by atoms with E-state index in [2.05, 4.69) is 0 Å². The molecule has 1 atom stereocenters. The molecule has 1 rings (SSSR count). The first kappa shape index (κ1) is 12.2. The van der Waals surface area contributed by atoms with Gasteiger partial charge in [-0.05, 0) is 19.8 Å². The van der Waals surface area contributed by atoms with E-state index in [0.717, 1.165) is 19.4 Å². The van der Waals surface area contributed by atoms with Gasteiger partial charge in [-0.2, -0.15) is 0 Å². The van der Waals surface area contributed by atoms with Gasteiger partial charge in [0.1, 0.15) is 0 Å². The van der Waals surface area contributed by atoms with Crippen LogP contribution in [0.5, 0.6) is 0 Å². The van der Waals surface area contributed by atoms with Crippen LogP contribution in [0.3, 0.4) is 0 Å². The molecule has 0 aromatic rings. The van der Waals surface area contributed by atoms with E-state index in [0.29, 0.717) is 19.4 Å². The molecule has 0 N–H and O–H groups in total. The lowest BCUT2D eigenvalue weighted by molar-refractivity contribution is -0.138. The van der Waals surface area contributed by atoms with Crippen LogP contribution in [-0.2, 0) is 14.3 Å². The lowest BCUT2D eigenvalue weighted by atomic mass is 10.1. The molecule has 0 bridgehead atoms. The van der Waals surface area contributed by atoms with Crippen LogP contribution in [0.1, 0.15) is 32.6 Å². The van der Waals surface area contributed by atoms with Crippen molar-refractivity contribution in [3.63, 3.8) is 0 Å². The number of hydrogen-bond acceptors (Lipinski definition) is 3. The molecule has 0 radical (unpaired) electrons. The number of likely N-dealkylation sites (tertiary alicyclic amines) is 1.